The largest absolute Gasteiger partial charge is 0.478 e. The Bertz CT molecular complexity index is 698. The van der Waals surface area contributed by atoms with Gasteiger partial charge in [-0.3, -0.25) is 4.79 Å². The van der Waals surface area contributed by atoms with Crippen LogP contribution in [0.2, 0.25) is 0 Å². The minimum absolute atomic E-state index is 0.131. The van der Waals surface area contributed by atoms with Crippen molar-refractivity contribution >= 4 is 11.6 Å². The van der Waals surface area contributed by atoms with Gasteiger partial charge in [-0.05, 0) is 55.5 Å². The maximum Gasteiger partial charge on any atom is 0.255 e. The third kappa shape index (κ3) is 3.68. The molecule has 0 radical (unpaired) electrons. The van der Waals surface area contributed by atoms with E-state index in [4.69, 9.17) is 10.5 Å². The van der Waals surface area contributed by atoms with Crippen molar-refractivity contribution in [2.24, 2.45) is 5.73 Å². The summed E-state index contributed by atoms with van der Waals surface area (Å²) < 4.78 is 5.29. The molecule has 3 rings (SSSR count). The zero-order valence-corrected chi connectivity index (χ0v) is 13.2. The highest BCUT2D eigenvalue weighted by molar-refractivity contribution is 6.04. The number of aryl methyl sites for hydroxylation is 1. The number of rotatable bonds is 4. The molecule has 0 aliphatic heterocycles. The second-order valence-corrected chi connectivity index (χ2v) is 5.76. The Morgan fingerprint density at radius 3 is 2.96 bits per heavy atom. The fourth-order valence-electron chi connectivity index (χ4n) is 2.82. The number of aromatic nitrogens is 1. The topological polar surface area (TPSA) is 77.2 Å². The smallest absolute Gasteiger partial charge is 0.255 e. The van der Waals surface area contributed by atoms with Gasteiger partial charge in [0.1, 0.15) is 0 Å². The number of ether oxygens (including phenoxy) is 1. The van der Waals surface area contributed by atoms with Crippen molar-refractivity contribution in [3.05, 3.63) is 53.2 Å². The molecular weight excluding hydrogens is 290 g/mol. The van der Waals surface area contributed by atoms with Crippen LogP contribution in [0.3, 0.4) is 0 Å². The first-order valence-corrected chi connectivity index (χ1v) is 7.93. The lowest BCUT2D eigenvalue weighted by Gasteiger charge is -2.21. The van der Waals surface area contributed by atoms with Crippen molar-refractivity contribution in [3.63, 3.8) is 0 Å². The van der Waals surface area contributed by atoms with Crippen LogP contribution in [0.5, 0.6) is 5.88 Å². The van der Waals surface area contributed by atoms with E-state index in [0.717, 1.165) is 19.3 Å². The van der Waals surface area contributed by atoms with Crippen LogP contribution >= 0.6 is 0 Å². The molecule has 23 heavy (non-hydrogen) atoms. The molecule has 0 spiro atoms. The van der Waals surface area contributed by atoms with E-state index in [-0.39, 0.29) is 11.9 Å². The van der Waals surface area contributed by atoms with Crippen LogP contribution in [0, 0.1) is 0 Å². The van der Waals surface area contributed by atoms with Gasteiger partial charge in [-0.2, -0.15) is 0 Å². The van der Waals surface area contributed by atoms with Crippen LogP contribution in [0.15, 0.2) is 36.5 Å². The minimum atomic E-state index is -0.131. The van der Waals surface area contributed by atoms with Gasteiger partial charge in [0.15, 0.2) is 0 Å². The van der Waals surface area contributed by atoms with E-state index in [2.05, 4.69) is 10.3 Å². The first-order valence-electron chi connectivity index (χ1n) is 7.93. The van der Waals surface area contributed by atoms with Gasteiger partial charge in [0.05, 0.1) is 18.5 Å². The third-order valence-corrected chi connectivity index (χ3v) is 4.02. The van der Waals surface area contributed by atoms with E-state index >= 15 is 0 Å². The molecule has 120 valence electrons. The Labute approximate surface area is 135 Å². The highest BCUT2D eigenvalue weighted by Gasteiger charge is 2.17. The number of nitrogens with two attached hydrogens (primary N) is 1. The Morgan fingerprint density at radius 2 is 2.22 bits per heavy atom. The molecule has 0 saturated carbocycles. The van der Waals surface area contributed by atoms with Crippen molar-refractivity contribution < 1.29 is 9.53 Å². The Hall–Kier alpha value is -2.40. The predicted molar refractivity (Wildman–Crippen MR) is 89.8 cm³/mol. The fourth-order valence-corrected chi connectivity index (χ4v) is 2.82. The number of nitrogens with zero attached hydrogens (tertiary/aromatic N) is 1. The van der Waals surface area contributed by atoms with Gasteiger partial charge in [-0.25, -0.2) is 4.98 Å². The number of fused-ring (bicyclic) bond motifs is 1. The van der Waals surface area contributed by atoms with E-state index in [1.54, 1.807) is 18.3 Å². The summed E-state index contributed by atoms with van der Waals surface area (Å²) in [5, 5.41) is 2.86. The average Bonchev–Trinajstić information content (AvgIpc) is 2.56. The summed E-state index contributed by atoms with van der Waals surface area (Å²) in [5.74, 6) is 0.421. The molecule has 0 bridgehead atoms. The van der Waals surface area contributed by atoms with E-state index in [9.17, 15) is 4.79 Å². The second-order valence-electron chi connectivity index (χ2n) is 5.76. The predicted octanol–water partition coefficient (Wildman–Crippen LogP) is 2.55. The van der Waals surface area contributed by atoms with Gasteiger partial charge < -0.3 is 15.8 Å². The molecule has 1 aromatic heterocycles. The molecular formula is C18H21N3O2. The molecule has 3 N–H and O–H groups in total. The lowest BCUT2D eigenvalue weighted by atomic mass is 9.87. The molecule has 1 atom stereocenters. The van der Waals surface area contributed by atoms with E-state index in [1.165, 1.54) is 11.1 Å². The monoisotopic (exact) mass is 311 g/mol. The summed E-state index contributed by atoms with van der Waals surface area (Å²) in [6, 6.07) is 9.60. The maximum atomic E-state index is 12.4. The zero-order valence-electron chi connectivity index (χ0n) is 13.2. The third-order valence-electron chi connectivity index (χ3n) is 4.02. The maximum absolute atomic E-state index is 12.4. The number of pyridine rings is 1. The van der Waals surface area contributed by atoms with E-state index in [0.29, 0.717) is 23.7 Å². The van der Waals surface area contributed by atoms with E-state index in [1.807, 2.05) is 25.1 Å². The standard InChI is InChI=1S/C18H21N3O2/c1-2-23-17-8-7-16(11-20-17)21-18(22)14-4-3-13-10-15(19)6-5-12(13)9-14/h3-4,7-9,11,15H,2,5-6,10,19H2,1H3,(H,21,22)/t15-/m0/s1. The Balaban J connectivity index is 1.70. The number of carbonyl (C=O) groups is 1. The van der Waals surface area contributed by atoms with Crippen LogP contribution in [-0.2, 0) is 12.8 Å². The molecule has 0 saturated heterocycles. The van der Waals surface area contributed by atoms with Crippen LogP contribution in [-0.4, -0.2) is 23.5 Å². The number of hydrogen-bond acceptors (Lipinski definition) is 4. The number of amides is 1. The van der Waals surface area contributed by atoms with Crippen LogP contribution in [0.4, 0.5) is 5.69 Å². The molecule has 5 heteroatoms. The number of anilines is 1. The highest BCUT2D eigenvalue weighted by atomic mass is 16.5. The molecule has 0 fully saturated rings. The van der Waals surface area contributed by atoms with Crippen LogP contribution < -0.4 is 15.8 Å². The zero-order chi connectivity index (χ0) is 16.2. The van der Waals surface area contributed by atoms with Gasteiger partial charge in [-0.15, -0.1) is 0 Å². The summed E-state index contributed by atoms with van der Waals surface area (Å²) in [6.07, 6.45) is 4.39. The number of benzene rings is 1. The summed E-state index contributed by atoms with van der Waals surface area (Å²) in [4.78, 5) is 16.5. The van der Waals surface area contributed by atoms with Crippen molar-refractivity contribution in [3.8, 4) is 5.88 Å². The summed E-state index contributed by atoms with van der Waals surface area (Å²) in [5.41, 5.74) is 9.78. The SMILES string of the molecule is CCOc1ccc(NC(=O)c2ccc3c(c2)CC[C@H](N)C3)cn1. The molecule has 1 aliphatic rings. The molecule has 1 heterocycles. The normalized spacial score (nSPS) is 16.5. The van der Waals surface area contributed by atoms with E-state index < -0.39 is 0 Å². The minimum Gasteiger partial charge on any atom is -0.478 e. The average molecular weight is 311 g/mol. The first kappa shape index (κ1) is 15.5. The van der Waals surface area contributed by atoms with Crippen molar-refractivity contribution in [2.45, 2.75) is 32.2 Å². The van der Waals surface area contributed by atoms with Crippen LogP contribution in [0.1, 0.15) is 34.8 Å². The Morgan fingerprint density at radius 1 is 1.35 bits per heavy atom. The van der Waals surface area contributed by atoms with Crippen LogP contribution in [0.25, 0.3) is 0 Å². The van der Waals surface area contributed by atoms with Gasteiger partial charge in [0.2, 0.25) is 5.88 Å². The number of carbonyl (C=O) groups excluding carboxylic acids is 1. The Kier molecular flexibility index (Phi) is 4.57. The van der Waals surface area contributed by atoms with Gasteiger partial charge in [0, 0.05) is 17.7 Å². The molecule has 2 aromatic rings. The van der Waals surface area contributed by atoms with Gasteiger partial charge >= 0.3 is 0 Å². The van der Waals surface area contributed by atoms with Crippen molar-refractivity contribution in [1.82, 2.24) is 4.98 Å². The molecule has 0 unspecified atom stereocenters. The van der Waals surface area contributed by atoms with Crippen molar-refractivity contribution in [1.29, 1.82) is 0 Å². The number of nitrogens with one attached hydrogen (secondary N) is 1. The molecule has 1 amide bonds. The molecule has 1 aliphatic carbocycles. The summed E-state index contributed by atoms with van der Waals surface area (Å²) in [6.45, 7) is 2.47. The number of hydrogen-bond donors (Lipinski definition) is 2. The lowest BCUT2D eigenvalue weighted by molar-refractivity contribution is 0.102. The first-order chi connectivity index (χ1) is 11.2. The fraction of sp³-hybridized carbons (Fsp3) is 0.333. The molecule has 5 nitrogen and oxygen atoms in total. The van der Waals surface area contributed by atoms with Gasteiger partial charge in [0.25, 0.3) is 5.91 Å². The quantitative estimate of drug-likeness (QED) is 0.909. The second kappa shape index (κ2) is 6.79. The molecule has 1 aromatic carbocycles. The highest BCUT2D eigenvalue weighted by Crippen LogP contribution is 2.22. The van der Waals surface area contributed by atoms with Crippen molar-refractivity contribution in [2.75, 3.05) is 11.9 Å². The summed E-state index contributed by atoms with van der Waals surface area (Å²) in [7, 11) is 0. The summed E-state index contributed by atoms with van der Waals surface area (Å²) >= 11 is 0. The lowest BCUT2D eigenvalue weighted by Crippen LogP contribution is -2.28. The van der Waals surface area contributed by atoms with Gasteiger partial charge in [-0.1, -0.05) is 6.07 Å².